The van der Waals surface area contributed by atoms with Gasteiger partial charge in [0.2, 0.25) is 5.95 Å². The number of rotatable bonds is 4. The summed E-state index contributed by atoms with van der Waals surface area (Å²) in [5.41, 5.74) is 1.68. The molecular formula is C17H12Cl2N4O. The number of carbonyl (C=O) groups excluding carboxylic acids is 1. The van der Waals surface area contributed by atoms with Gasteiger partial charge in [0.05, 0.1) is 16.3 Å². The molecule has 0 fully saturated rings. The molecule has 1 aromatic heterocycles. The lowest BCUT2D eigenvalue weighted by molar-refractivity contribution is 0.102. The minimum atomic E-state index is -0.304. The molecular weight excluding hydrogens is 347 g/mol. The number of carbonyl (C=O) groups is 1. The number of halogens is 2. The number of amides is 1. The van der Waals surface area contributed by atoms with Gasteiger partial charge in [0.15, 0.2) is 0 Å². The van der Waals surface area contributed by atoms with Crippen LogP contribution in [0.3, 0.4) is 0 Å². The summed E-state index contributed by atoms with van der Waals surface area (Å²) in [6.07, 6.45) is 2.88. The first-order valence-electron chi connectivity index (χ1n) is 7.02. The van der Waals surface area contributed by atoms with Crippen molar-refractivity contribution in [2.24, 2.45) is 0 Å². The average Bonchev–Trinajstić information content (AvgIpc) is 2.59. The Balaban J connectivity index is 1.68. The fraction of sp³-hybridized carbons (Fsp3) is 0. The Morgan fingerprint density at radius 1 is 0.917 bits per heavy atom. The molecule has 3 rings (SSSR count). The number of benzene rings is 2. The van der Waals surface area contributed by atoms with Crippen molar-refractivity contribution < 1.29 is 4.79 Å². The highest BCUT2D eigenvalue weighted by Gasteiger charge is 2.08. The third-order valence-corrected chi connectivity index (χ3v) is 3.72. The average molecular weight is 359 g/mol. The monoisotopic (exact) mass is 358 g/mol. The highest BCUT2D eigenvalue weighted by Crippen LogP contribution is 2.23. The van der Waals surface area contributed by atoms with E-state index in [9.17, 15) is 4.79 Å². The number of aromatic nitrogens is 2. The van der Waals surface area contributed by atoms with Gasteiger partial charge in [-0.2, -0.15) is 0 Å². The summed E-state index contributed by atoms with van der Waals surface area (Å²) in [7, 11) is 0. The van der Waals surface area contributed by atoms with Crippen LogP contribution in [-0.4, -0.2) is 15.9 Å². The Labute approximate surface area is 148 Å². The summed E-state index contributed by atoms with van der Waals surface area (Å²) in [5, 5.41) is 6.90. The molecule has 0 spiro atoms. The van der Waals surface area contributed by atoms with Gasteiger partial charge in [-0.3, -0.25) is 4.79 Å². The quantitative estimate of drug-likeness (QED) is 0.704. The predicted molar refractivity (Wildman–Crippen MR) is 96.2 cm³/mol. The first kappa shape index (κ1) is 16.2. The topological polar surface area (TPSA) is 66.9 Å². The number of hydrogen-bond donors (Lipinski definition) is 2. The minimum absolute atomic E-state index is 0.304. The van der Waals surface area contributed by atoms with Crippen molar-refractivity contribution in [1.82, 2.24) is 9.97 Å². The molecule has 0 radical (unpaired) electrons. The highest BCUT2D eigenvalue weighted by atomic mass is 35.5. The van der Waals surface area contributed by atoms with Crippen LogP contribution in [0, 0.1) is 0 Å². The van der Waals surface area contributed by atoms with E-state index in [-0.39, 0.29) is 5.91 Å². The standard InChI is InChI=1S/C17H12Cl2N4O/c18-12-5-7-13(8-6-12)22-16(24)11-9-20-17(21-10-11)23-15-4-2-1-3-14(15)19/h1-10H,(H,22,24)(H,20,21,23). The van der Waals surface area contributed by atoms with Crippen LogP contribution in [0.2, 0.25) is 10.0 Å². The fourth-order valence-electron chi connectivity index (χ4n) is 1.93. The maximum Gasteiger partial charge on any atom is 0.258 e. The number of nitrogens with zero attached hydrogens (tertiary/aromatic N) is 2. The van der Waals surface area contributed by atoms with E-state index in [4.69, 9.17) is 23.2 Å². The molecule has 0 unspecified atom stereocenters. The van der Waals surface area contributed by atoms with E-state index in [0.717, 1.165) is 0 Å². The molecule has 2 N–H and O–H groups in total. The first-order valence-corrected chi connectivity index (χ1v) is 7.78. The van der Waals surface area contributed by atoms with Crippen molar-refractivity contribution in [3.63, 3.8) is 0 Å². The second-order valence-corrected chi connectivity index (χ2v) is 5.70. The van der Waals surface area contributed by atoms with Crippen molar-refractivity contribution in [2.45, 2.75) is 0 Å². The van der Waals surface area contributed by atoms with Crippen LogP contribution in [0.5, 0.6) is 0 Å². The Kier molecular flexibility index (Phi) is 4.93. The molecule has 0 bridgehead atoms. The van der Waals surface area contributed by atoms with Crippen LogP contribution in [0.25, 0.3) is 0 Å². The normalized spacial score (nSPS) is 10.2. The first-order chi connectivity index (χ1) is 11.6. The fourth-order valence-corrected chi connectivity index (χ4v) is 2.24. The molecule has 0 aliphatic rings. The van der Waals surface area contributed by atoms with E-state index in [1.54, 1.807) is 30.3 Å². The Hall–Kier alpha value is -2.63. The molecule has 5 nitrogen and oxygen atoms in total. The molecule has 0 atom stereocenters. The molecule has 0 aliphatic heterocycles. The predicted octanol–water partition coefficient (Wildman–Crippen LogP) is 4.78. The number of anilines is 3. The molecule has 0 saturated heterocycles. The maximum atomic E-state index is 12.2. The van der Waals surface area contributed by atoms with Crippen LogP contribution in [0.4, 0.5) is 17.3 Å². The summed E-state index contributed by atoms with van der Waals surface area (Å²) in [4.78, 5) is 20.4. The van der Waals surface area contributed by atoms with Crippen molar-refractivity contribution in [2.75, 3.05) is 10.6 Å². The van der Waals surface area contributed by atoms with E-state index in [0.29, 0.717) is 32.9 Å². The maximum absolute atomic E-state index is 12.2. The van der Waals surface area contributed by atoms with Gasteiger partial charge in [-0.15, -0.1) is 0 Å². The molecule has 0 saturated carbocycles. The van der Waals surface area contributed by atoms with Crippen LogP contribution in [-0.2, 0) is 0 Å². The van der Waals surface area contributed by atoms with E-state index in [1.807, 2.05) is 18.2 Å². The van der Waals surface area contributed by atoms with E-state index < -0.39 is 0 Å². The summed E-state index contributed by atoms with van der Waals surface area (Å²) in [5.74, 6) is 0.0489. The zero-order valence-electron chi connectivity index (χ0n) is 12.3. The van der Waals surface area contributed by atoms with Gasteiger partial charge in [0.1, 0.15) is 0 Å². The molecule has 3 aromatic rings. The summed E-state index contributed by atoms with van der Waals surface area (Å²) >= 11 is 11.9. The smallest absolute Gasteiger partial charge is 0.258 e. The van der Waals surface area contributed by atoms with Gasteiger partial charge in [-0.1, -0.05) is 35.3 Å². The zero-order chi connectivity index (χ0) is 16.9. The SMILES string of the molecule is O=C(Nc1ccc(Cl)cc1)c1cnc(Nc2ccccc2Cl)nc1. The van der Waals surface area contributed by atoms with Gasteiger partial charge >= 0.3 is 0 Å². The highest BCUT2D eigenvalue weighted by molar-refractivity contribution is 6.33. The van der Waals surface area contributed by atoms with Gasteiger partial charge in [0, 0.05) is 23.1 Å². The van der Waals surface area contributed by atoms with Gasteiger partial charge in [-0.25, -0.2) is 9.97 Å². The Morgan fingerprint density at radius 2 is 1.58 bits per heavy atom. The lowest BCUT2D eigenvalue weighted by Gasteiger charge is -2.08. The van der Waals surface area contributed by atoms with Crippen LogP contribution >= 0.6 is 23.2 Å². The molecule has 120 valence electrons. The molecule has 1 heterocycles. The number of hydrogen-bond acceptors (Lipinski definition) is 4. The van der Waals surface area contributed by atoms with Crippen molar-refractivity contribution in [3.05, 3.63) is 76.5 Å². The van der Waals surface area contributed by atoms with Crippen LogP contribution in [0.15, 0.2) is 60.9 Å². The Bertz CT molecular complexity index is 851. The number of para-hydroxylation sites is 1. The second kappa shape index (κ2) is 7.29. The van der Waals surface area contributed by atoms with E-state index >= 15 is 0 Å². The number of nitrogens with one attached hydrogen (secondary N) is 2. The van der Waals surface area contributed by atoms with Gasteiger partial charge in [0.25, 0.3) is 5.91 Å². The van der Waals surface area contributed by atoms with Crippen molar-refractivity contribution in [3.8, 4) is 0 Å². The molecule has 2 aromatic carbocycles. The summed E-state index contributed by atoms with van der Waals surface area (Å²) in [6, 6.07) is 14.1. The van der Waals surface area contributed by atoms with E-state index in [1.165, 1.54) is 12.4 Å². The van der Waals surface area contributed by atoms with Gasteiger partial charge in [-0.05, 0) is 36.4 Å². The summed E-state index contributed by atoms with van der Waals surface area (Å²) < 4.78 is 0. The molecule has 0 aliphatic carbocycles. The summed E-state index contributed by atoms with van der Waals surface area (Å²) in [6.45, 7) is 0. The lowest BCUT2D eigenvalue weighted by atomic mass is 10.3. The van der Waals surface area contributed by atoms with Crippen LogP contribution in [0.1, 0.15) is 10.4 Å². The van der Waals surface area contributed by atoms with Crippen LogP contribution < -0.4 is 10.6 Å². The van der Waals surface area contributed by atoms with Crippen molar-refractivity contribution >= 4 is 46.4 Å². The van der Waals surface area contributed by atoms with Crippen molar-refractivity contribution in [1.29, 1.82) is 0 Å². The lowest BCUT2D eigenvalue weighted by Crippen LogP contribution is -2.13. The largest absolute Gasteiger partial charge is 0.323 e. The second-order valence-electron chi connectivity index (χ2n) is 4.86. The molecule has 7 heteroatoms. The molecule has 1 amide bonds. The third kappa shape index (κ3) is 4.01. The minimum Gasteiger partial charge on any atom is -0.323 e. The molecule has 24 heavy (non-hydrogen) atoms. The third-order valence-electron chi connectivity index (χ3n) is 3.14. The zero-order valence-corrected chi connectivity index (χ0v) is 13.8. The van der Waals surface area contributed by atoms with Gasteiger partial charge < -0.3 is 10.6 Å². The van der Waals surface area contributed by atoms with E-state index in [2.05, 4.69) is 20.6 Å². The Morgan fingerprint density at radius 3 is 2.25 bits per heavy atom.